The van der Waals surface area contributed by atoms with Crippen molar-refractivity contribution >= 4 is 5.91 Å². The molecule has 1 aliphatic heterocycles. The molecule has 0 aromatic heterocycles. The van der Waals surface area contributed by atoms with E-state index in [4.69, 9.17) is 5.26 Å². The summed E-state index contributed by atoms with van der Waals surface area (Å²) in [4.78, 5) is 13.5. The molecule has 2 N–H and O–H groups in total. The van der Waals surface area contributed by atoms with Crippen molar-refractivity contribution in [2.45, 2.75) is 31.7 Å². The van der Waals surface area contributed by atoms with Crippen molar-refractivity contribution in [3.63, 3.8) is 0 Å². The molecule has 90 valence electrons. The van der Waals surface area contributed by atoms with Gasteiger partial charge in [0.25, 0.3) is 0 Å². The number of aliphatic hydroxyl groups excluding tert-OH is 1. The summed E-state index contributed by atoms with van der Waals surface area (Å²) in [5.74, 6) is -0.0596. The van der Waals surface area contributed by atoms with E-state index in [0.717, 1.165) is 25.8 Å². The minimum atomic E-state index is -0.0596. The second-order valence-corrected chi connectivity index (χ2v) is 4.06. The molecule has 0 aliphatic carbocycles. The van der Waals surface area contributed by atoms with Crippen molar-refractivity contribution in [1.82, 2.24) is 10.2 Å². The Kier molecular flexibility index (Phi) is 5.83. The lowest BCUT2D eigenvalue weighted by atomic mass is 10.0. The molecule has 1 aliphatic rings. The molecule has 1 atom stereocenters. The summed E-state index contributed by atoms with van der Waals surface area (Å²) in [6.45, 7) is 1.73. The highest BCUT2D eigenvalue weighted by molar-refractivity contribution is 5.78. The minimum absolute atomic E-state index is 0.0596. The molecule has 5 heteroatoms. The number of amides is 1. The van der Waals surface area contributed by atoms with Crippen LogP contribution >= 0.6 is 0 Å². The summed E-state index contributed by atoms with van der Waals surface area (Å²) in [6, 6.07) is 2.10. The predicted octanol–water partition coefficient (Wildman–Crippen LogP) is -0.137. The predicted molar refractivity (Wildman–Crippen MR) is 59.5 cm³/mol. The molecule has 0 aromatic carbocycles. The first-order valence-electron chi connectivity index (χ1n) is 5.76. The Morgan fingerprint density at radius 2 is 2.38 bits per heavy atom. The summed E-state index contributed by atoms with van der Waals surface area (Å²) in [7, 11) is 0. The molecule has 1 saturated heterocycles. The molecule has 5 nitrogen and oxygen atoms in total. The summed E-state index contributed by atoms with van der Waals surface area (Å²) in [5.41, 5.74) is 0. The summed E-state index contributed by atoms with van der Waals surface area (Å²) in [5, 5.41) is 20.2. The van der Waals surface area contributed by atoms with E-state index in [1.165, 1.54) is 0 Å². The van der Waals surface area contributed by atoms with Gasteiger partial charge in [-0.05, 0) is 19.4 Å². The Labute approximate surface area is 96.0 Å². The molecule has 1 fully saturated rings. The number of rotatable bonds is 5. The molecule has 0 radical (unpaired) electrons. The topological polar surface area (TPSA) is 76.4 Å². The highest BCUT2D eigenvalue weighted by Gasteiger charge is 2.23. The van der Waals surface area contributed by atoms with E-state index in [0.29, 0.717) is 19.5 Å². The van der Waals surface area contributed by atoms with Crippen LogP contribution < -0.4 is 5.32 Å². The summed E-state index contributed by atoms with van der Waals surface area (Å²) in [6.07, 6.45) is 3.51. The van der Waals surface area contributed by atoms with E-state index in [9.17, 15) is 9.90 Å². The van der Waals surface area contributed by atoms with Gasteiger partial charge in [-0.1, -0.05) is 6.42 Å². The van der Waals surface area contributed by atoms with Crippen LogP contribution in [-0.4, -0.2) is 48.2 Å². The Balaban J connectivity index is 2.28. The number of hydrogen-bond donors (Lipinski definition) is 2. The van der Waals surface area contributed by atoms with Crippen molar-refractivity contribution in [1.29, 1.82) is 5.26 Å². The molecule has 1 rings (SSSR count). The van der Waals surface area contributed by atoms with Gasteiger partial charge >= 0.3 is 0 Å². The van der Waals surface area contributed by atoms with Crippen LogP contribution in [0.1, 0.15) is 25.7 Å². The van der Waals surface area contributed by atoms with Crippen LogP contribution in [0.3, 0.4) is 0 Å². The van der Waals surface area contributed by atoms with Crippen molar-refractivity contribution in [3.8, 4) is 6.07 Å². The number of piperidine rings is 1. The maximum Gasteiger partial charge on any atom is 0.234 e. The van der Waals surface area contributed by atoms with Crippen LogP contribution in [0.15, 0.2) is 0 Å². The zero-order valence-electron chi connectivity index (χ0n) is 9.48. The third-order valence-electron chi connectivity index (χ3n) is 2.87. The minimum Gasteiger partial charge on any atom is -0.395 e. The molecule has 16 heavy (non-hydrogen) atoms. The van der Waals surface area contributed by atoms with Gasteiger partial charge in [0.05, 0.1) is 25.6 Å². The zero-order valence-corrected chi connectivity index (χ0v) is 9.48. The van der Waals surface area contributed by atoms with Crippen molar-refractivity contribution < 1.29 is 9.90 Å². The Hall–Kier alpha value is -1.12. The van der Waals surface area contributed by atoms with Crippen LogP contribution in [0.5, 0.6) is 0 Å². The quantitative estimate of drug-likeness (QED) is 0.639. The third-order valence-corrected chi connectivity index (χ3v) is 2.87. The van der Waals surface area contributed by atoms with E-state index in [1.54, 1.807) is 0 Å². The van der Waals surface area contributed by atoms with E-state index >= 15 is 0 Å². The largest absolute Gasteiger partial charge is 0.395 e. The molecular formula is C11H19N3O2. The maximum absolute atomic E-state index is 11.5. The van der Waals surface area contributed by atoms with Crippen LogP contribution in [0.25, 0.3) is 0 Å². The second-order valence-electron chi connectivity index (χ2n) is 4.06. The Bertz CT molecular complexity index is 262. The van der Waals surface area contributed by atoms with Crippen molar-refractivity contribution in [2.75, 3.05) is 26.2 Å². The molecule has 1 heterocycles. The van der Waals surface area contributed by atoms with E-state index in [2.05, 4.69) is 5.32 Å². The van der Waals surface area contributed by atoms with Gasteiger partial charge in [0.15, 0.2) is 0 Å². The standard InChI is InChI=1S/C11H19N3O2/c12-5-3-6-13-11(16)8-14-7-2-1-4-10(14)9-15/h10,15H,1-4,6-9H2,(H,13,16). The number of nitrogens with zero attached hydrogens (tertiary/aromatic N) is 2. The molecule has 0 spiro atoms. The maximum atomic E-state index is 11.5. The van der Waals surface area contributed by atoms with Gasteiger partial charge in [0.2, 0.25) is 5.91 Å². The molecule has 1 unspecified atom stereocenters. The Morgan fingerprint density at radius 3 is 3.06 bits per heavy atom. The first kappa shape index (κ1) is 12.9. The first-order valence-corrected chi connectivity index (χ1v) is 5.76. The lowest BCUT2D eigenvalue weighted by Crippen LogP contribution is -2.47. The van der Waals surface area contributed by atoms with Crippen LogP contribution in [-0.2, 0) is 4.79 Å². The number of nitrogens with one attached hydrogen (secondary N) is 1. The van der Waals surface area contributed by atoms with Gasteiger partial charge in [-0.2, -0.15) is 5.26 Å². The molecular weight excluding hydrogens is 206 g/mol. The summed E-state index contributed by atoms with van der Waals surface area (Å²) < 4.78 is 0. The highest BCUT2D eigenvalue weighted by Crippen LogP contribution is 2.15. The number of aliphatic hydroxyl groups is 1. The van der Waals surface area contributed by atoms with Crippen LogP contribution in [0.2, 0.25) is 0 Å². The average molecular weight is 225 g/mol. The molecule has 0 saturated carbocycles. The van der Waals surface area contributed by atoms with Crippen molar-refractivity contribution in [3.05, 3.63) is 0 Å². The van der Waals surface area contributed by atoms with E-state index in [1.807, 2.05) is 11.0 Å². The number of likely N-dealkylation sites (tertiary alicyclic amines) is 1. The fourth-order valence-electron chi connectivity index (χ4n) is 1.97. The zero-order chi connectivity index (χ0) is 11.8. The molecule has 1 amide bonds. The first-order chi connectivity index (χ1) is 7.77. The normalized spacial score (nSPS) is 21.4. The Morgan fingerprint density at radius 1 is 1.56 bits per heavy atom. The van der Waals surface area contributed by atoms with Gasteiger partial charge in [-0.3, -0.25) is 9.69 Å². The van der Waals surface area contributed by atoms with Crippen LogP contribution in [0.4, 0.5) is 0 Å². The highest BCUT2D eigenvalue weighted by atomic mass is 16.3. The van der Waals surface area contributed by atoms with E-state index < -0.39 is 0 Å². The molecule has 0 aromatic rings. The summed E-state index contributed by atoms with van der Waals surface area (Å²) >= 11 is 0. The monoisotopic (exact) mass is 225 g/mol. The third kappa shape index (κ3) is 4.17. The van der Waals surface area contributed by atoms with Gasteiger partial charge in [-0.15, -0.1) is 0 Å². The van der Waals surface area contributed by atoms with Crippen LogP contribution in [0, 0.1) is 11.3 Å². The number of nitriles is 1. The SMILES string of the molecule is N#CCCNC(=O)CN1CCCCC1CO. The number of carbonyl (C=O) groups is 1. The number of hydrogen-bond acceptors (Lipinski definition) is 4. The van der Waals surface area contributed by atoms with Crippen molar-refractivity contribution in [2.24, 2.45) is 0 Å². The fourth-order valence-corrected chi connectivity index (χ4v) is 1.97. The van der Waals surface area contributed by atoms with Gasteiger partial charge in [-0.25, -0.2) is 0 Å². The van der Waals surface area contributed by atoms with Gasteiger partial charge in [0, 0.05) is 12.6 Å². The van der Waals surface area contributed by atoms with Gasteiger partial charge in [0.1, 0.15) is 0 Å². The lowest BCUT2D eigenvalue weighted by molar-refractivity contribution is -0.123. The average Bonchev–Trinajstić information content (AvgIpc) is 2.30. The fraction of sp³-hybridized carbons (Fsp3) is 0.818. The number of carbonyl (C=O) groups excluding carboxylic acids is 1. The van der Waals surface area contributed by atoms with Gasteiger partial charge < -0.3 is 10.4 Å². The smallest absolute Gasteiger partial charge is 0.234 e. The lowest BCUT2D eigenvalue weighted by Gasteiger charge is -2.33. The van der Waals surface area contributed by atoms with E-state index in [-0.39, 0.29) is 18.6 Å². The molecule has 0 bridgehead atoms. The second kappa shape index (κ2) is 7.20.